The Kier molecular flexibility index (Phi) is 5.01. The van der Waals surface area contributed by atoms with Gasteiger partial charge in [-0.2, -0.15) is 0 Å². The standard InChI is InChI=1S/C14H24N2S/c1-3-6-15-9-12-11-17-14-10-16(7-4-2)8-5-13(12)14/h11,15H,3-10H2,1-2H3. The van der Waals surface area contributed by atoms with Crippen molar-refractivity contribution in [2.75, 3.05) is 19.6 Å². The van der Waals surface area contributed by atoms with Gasteiger partial charge in [0.1, 0.15) is 0 Å². The molecule has 3 heteroatoms. The fourth-order valence-corrected chi connectivity index (χ4v) is 3.65. The molecule has 1 aliphatic rings. The molecule has 0 saturated heterocycles. The lowest BCUT2D eigenvalue weighted by Crippen LogP contribution is -2.30. The van der Waals surface area contributed by atoms with Crippen molar-refractivity contribution in [2.45, 2.75) is 46.2 Å². The Morgan fingerprint density at radius 1 is 1.35 bits per heavy atom. The Balaban J connectivity index is 1.95. The lowest BCUT2D eigenvalue weighted by atomic mass is 10.0. The summed E-state index contributed by atoms with van der Waals surface area (Å²) in [7, 11) is 0. The minimum Gasteiger partial charge on any atom is -0.313 e. The van der Waals surface area contributed by atoms with Crippen molar-refractivity contribution < 1.29 is 0 Å². The molecule has 96 valence electrons. The van der Waals surface area contributed by atoms with Crippen molar-refractivity contribution in [2.24, 2.45) is 0 Å². The van der Waals surface area contributed by atoms with Crippen molar-refractivity contribution in [1.29, 1.82) is 0 Å². The number of thiophene rings is 1. The fourth-order valence-electron chi connectivity index (χ4n) is 2.50. The maximum atomic E-state index is 3.52. The van der Waals surface area contributed by atoms with Crippen LogP contribution >= 0.6 is 11.3 Å². The maximum Gasteiger partial charge on any atom is 0.0330 e. The Morgan fingerprint density at radius 2 is 2.24 bits per heavy atom. The third kappa shape index (κ3) is 3.30. The van der Waals surface area contributed by atoms with Crippen LogP contribution in [0.1, 0.15) is 42.7 Å². The maximum absolute atomic E-state index is 3.52. The normalized spacial score (nSPS) is 16.1. The highest BCUT2D eigenvalue weighted by Gasteiger charge is 2.19. The zero-order valence-corrected chi connectivity index (χ0v) is 11.9. The second-order valence-electron chi connectivity index (χ2n) is 4.87. The Hall–Kier alpha value is -0.380. The van der Waals surface area contributed by atoms with Crippen LogP contribution in [0.25, 0.3) is 0 Å². The predicted octanol–water partition coefficient (Wildman–Crippen LogP) is 3.02. The second-order valence-corrected chi connectivity index (χ2v) is 5.83. The van der Waals surface area contributed by atoms with E-state index in [1.807, 2.05) is 11.3 Å². The summed E-state index contributed by atoms with van der Waals surface area (Å²) in [6.07, 6.45) is 3.74. The van der Waals surface area contributed by atoms with Crippen molar-refractivity contribution in [1.82, 2.24) is 10.2 Å². The molecule has 1 N–H and O–H groups in total. The molecule has 0 amide bonds. The van der Waals surface area contributed by atoms with Crippen LogP contribution < -0.4 is 5.32 Å². The monoisotopic (exact) mass is 252 g/mol. The Labute approximate surface area is 109 Å². The number of rotatable bonds is 6. The van der Waals surface area contributed by atoms with E-state index < -0.39 is 0 Å². The quantitative estimate of drug-likeness (QED) is 0.783. The topological polar surface area (TPSA) is 15.3 Å². The van der Waals surface area contributed by atoms with Crippen LogP contribution in [0, 0.1) is 0 Å². The molecule has 0 aliphatic carbocycles. The van der Waals surface area contributed by atoms with Crippen LogP contribution in [0.4, 0.5) is 0 Å². The first-order chi connectivity index (χ1) is 8.35. The van der Waals surface area contributed by atoms with E-state index in [9.17, 15) is 0 Å². The summed E-state index contributed by atoms with van der Waals surface area (Å²) in [6.45, 7) is 10.4. The van der Waals surface area contributed by atoms with Crippen LogP contribution in [0.3, 0.4) is 0 Å². The van der Waals surface area contributed by atoms with E-state index >= 15 is 0 Å². The van der Waals surface area contributed by atoms with Crippen LogP contribution in [0.15, 0.2) is 5.38 Å². The smallest absolute Gasteiger partial charge is 0.0330 e. The van der Waals surface area contributed by atoms with E-state index in [0.717, 1.165) is 13.1 Å². The van der Waals surface area contributed by atoms with E-state index in [2.05, 4.69) is 29.4 Å². The van der Waals surface area contributed by atoms with Gasteiger partial charge in [0.2, 0.25) is 0 Å². The lowest BCUT2D eigenvalue weighted by Gasteiger charge is -2.26. The van der Waals surface area contributed by atoms with Gasteiger partial charge in [-0.1, -0.05) is 13.8 Å². The van der Waals surface area contributed by atoms with E-state index in [-0.39, 0.29) is 0 Å². The number of nitrogens with zero attached hydrogens (tertiary/aromatic N) is 1. The first-order valence-electron chi connectivity index (χ1n) is 6.86. The zero-order valence-electron chi connectivity index (χ0n) is 11.1. The highest BCUT2D eigenvalue weighted by atomic mass is 32.1. The summed E-state index contributed by atoms with van der Waals surface area (Å²) in [4.78, 5) is 4.19. The number of hydrogen-bond donors (Lipinski definition) is 1. The molecular formula is C14H24N2S. The van der Waals surface area contributed by atoms with Crippen LogP contribution in [-0.2, 0) is 19.5 Å². The number of nitrogens with one attached hydrogen (secondary N) is 1. The summed E-state index contributed by atoms with van der Waals surface area (Å²) in [5.74, 6) is 0. The SMILES string of the molecule is CCCNCc1csc2c1CCN(CCC)C2. The van der Waals surface area contributed by atoms with Crippen molar-refractivity contribution in [3.05, 3.63) is 21.4 Å². The molecule has 2 nitrogen and oxygen atoms in total. The van der Waals surface area contributed by atoms with Gasteiger partial charge < -0.3 is 5.32 Å². The van der Waals surface area contributed by atoms with Gasteiger partial charge in [0.15, 0.2) is 0 Å². The third-order valence-corrected chi connectivity index (χ3v) is 4.46. The molecule has 1 aromatic heterocycles. The molecule has 1 aromatic rings. The van der Waals surface area contributed by atoms with Crippen molar-refractivity contribution in [3.63, 3.8) is 0 Å². The van der Waals surface area contributed by atoms with Crippen LogP contribution in [0.2, 0.25) is 0 Å². The first kappa shape index (κ1) is 13.1. The summed E-state index contributed by atoms with van der Waals surface area (Å²) in [5.41, 5.74) is 3.19. The molecule has 0 fully saturated rings. The van der Waals surface area contributed by atoms with Gasteiger partial charge in [-0.25, -0.2) is 0 Å². The Morgan fingerprint density at radius 3 is 3.00 bits per heavy atom. The molecule has 2 heterocycles. The van der Waals surface area contributed by atoms with E-state index in [1.165, 1.54) is 38.9 Å². The van der Waals surface area contributed by atoms with E-state index in [1.54, 1.807) is 16.0 Å². The lowest BCUT2D eigenvalue weighted by molar-refractivity contribution is 0.257. The molecule has 0 saturated carbocycles. The van der Waals surface area contributed by atoms with Crippen molar-refractivity contribution >= 4 is 11.3 Å². The average Bonchev–Trinajstić information content (AvgIpc) is 2.73. The third-order valence-electron chi connectivity index (χ3n) is 3.39. The van der Waals surface area contributed by atoms with Crippen molar-refractivity contribution in [3.8, 4) is 0 Å². The highest BCUT2D eigenvalue weighted by molar-refractivity contribution is 7.10. The first-order valence-corrected chi connectivity index (χ1v) is 7.74. The van der Waals surface area contributed by atoms with Crippen LogP contribution in [-0.4, -0.2) is 24.5 Å². The van der Waals surface area contributed by atoms with Gasteiger partial charge in [-0.3, -0.25) is 4.90 Å². The summed E-state index contributed by atoms with van der Waals surface area (Å²) >= 11 is 1.96. The van der Waals surface area contributed by atoms with Gasteiger partial charge in [-0.15, -0.1) is 11.3 Å². The molecule has 0 bridgehead atoms. The highest BCUT2D eigenvalue weighted by Crippen LogP contribution is 2.28. The zero-order chi connectivity index (χ0) is 12.1. The molecule has 0 unspecified atom stereocenters. The van der Waals surface area contributed by atoms with Gasteiger partial charge in [0.05, 0.1) is 0 Å². The number of fused-ring (bicyclic) bond motifs is 1. The minimum atomic E-state index is 1.06. The Bertz CT molecular complexity index is 332. The molecule has 1 aliphatic heterocycles. The molecule has 2 rings (SSSR count). The predicted molar refractivity (Wildman–Crippen MR) is 75.6 cm³/mol. The summed E-state index contributed by atoms with van der Waals surface area (Å²) in [5, 5.41) is 5.88. The molecule has 0 aromatic carbocycles. The van der Waals surface area contributed by atoms with Gasteiger partial charge in [0.25, 0.3) is 0 Å². The molecular weight excluding hydrogens is 228 g/mol. The molecule has 0 spiro atoms. The largest absolute Gasteiger partial charge is 0.313 e. The fraction of sp³-hybridized carbons (Fsp3) is 0.714. The second kappa shape index (κ2) is 6.53. The molecule has 17 heavy (non-hydrogen) atoms. The van der Waals surface area contributed by atoms with E-state index in [0.29, 0.717) is 0 Å². The van der Waals surface area contributed by atoms with Gasteiger partial charge >= 0.3 is 0 Å². The van der Waals surface area contributed by atoms with Crippen LogP contribution in [0.5, 0.6) is 0 Å². The van der Waals surface area contributed by atoms with Gasteiger partial charge in [0, 0.05) is 24.5 Å². The molecule has 0 radical (unpaired) electrons. The van der Waals surface area contributed by atoms with Gasteiger partial charge in [-0.05, 0) is 48.9 Å². The summed E-state index contributed by atoms with van der Waals surface area (Å²) in [6, 6.07) is 0. The minimum absolute atomic E-state index is 1.06. The summed E-state index contributed by atoms with van der Waals surface area (Å²) < 4.78 is 0. The molecule has 0 atom stereocenters. The average molecular weight is 252 g/mol. The number of hydrogen-bond acceptors (Lipinski definition) is 3. The van der Waals surface area contributed by atoms with E-state index in [4.69, 9.17) is 0 Å².